The van der Waals surface area contributed by atoms with Crippen LogP contribution in [0.5, 0.6) is 0 Å². The highest BCUT2D eigenvalue weighted by Crippen LogP contribution is 2.66. The molecule has 5 nitrogen and oxygen atoms in total. The van der Waals surface area contributed by atoms with Crippen LogP contribution < -0.4 is 0 Å². The van der Waals surface area contributed by atoms with Gasteiger partial charge in [0.15, 0.2) is 0 Å². The summed E-state index contributed by atoms with van der Waals surface area (Å²) in [6, 6.07) is 0. The zero-order valence-electron chi connectivity index (χ0n) is 14.3. The summed E-state index contributed by atoms with van der Waals surface area (Å²) in [5.74, 6) is -0.969. The molecule has 0 aromatic carbocycles. The van der Waals surface area contributed by atoms with Crippen LogP contribution in [0.4, 0.5) is 0 Å². The lowest BCUT2D eigenvalue weighted by Crippen LogP contribution is -2.64. The molecule has 2 aliphatic rings. The van der Waals surface area contributed by atoms with Crippen molar-refractivity contribution < 1.29 is 24.9 Å². The Bertz CT molecular complexity index is 448. The van der Waals surface area contributed by atoms with E-state index in [9.17, 15) is 20.1 Å². The van der Waals surface area contributed by atoms with Gasteiger partial charge < -0.3 is 20.1 Å². The molecule has 0 aliphatic heterocycles. The number of carbonyl (C=O) groups excluding carboxylic acids is 1. The van der Waals surface area contributed by atoms with Gasteiger partial charge in [0, 0.05) is 30.8 Å². The maximum Gasteiger partial charge on any atom is 0.302 e. The fourth-order valence-electron chi connectivity index (χ4n) is 5.62. The van der Waals surface area contributed by atoms with E-state index in [1.807, 2.05) is 27.7 Å². The van der Waals surface area contributed by atoms with Crippen LogP contribution >= 0.6 is 0 Å². The van der Waals surface area contributed by atoms with Crippen LogP contribution in [0.3, 0.4) is 0 Å². The van der Waals surface area contributed by atoms with Crippen molar-refractivity contribution in [1.29, 1.82) is 0 Å². The van der Waals surface area contributed by atoms with Crippen LogP contribution in [0.1, 0.15) is 47.5 Å². The van der Waals surface area contributed by atoms with E-state index in [1.165, 1.54) is 6.92 Å². The molecule has 3 N–H and O–H groups in total. The van der Waals surface area contributed by atoms with Crippen molar-refractivity contribution in [3.8, 4) is 0 Å². The summed E-state index contributed by atoms with van der Waals surface area (Å²) in [5, 5.41) is 31.5. The molecule has 2 fully saturated rings. The molecule has 0 spiro atoms. The van der Waals surface area contributed by atoms with Crippen molar-refractivity contribution in [2.45, 2.75) is 59.2 Å². The second kappa shape index (κ2) is 5.46. The molecule has 2 rings (SSSR count). The fraction of sp³-hybridized carbons (Fsp3) is 0.941. The summed E-state index contributed by atoms with van der Waals surface area (Å²) in [6.07, 6.45) is 0.866. The van der Waals surface area contributed by atoms with E-state index in [2.05, 4.69) is 0 Å². The number of fused-ring (bicyclic) bond motifs is 1. The van der Waals surface area contributed by atoms with E-state index in [-0.39, 0.29) is 48.5 Å². The van der Waals surface area contributed by atoms with Gasteiger partial charge in [-0.25, -0.2) is 0 Å². The second-order valence-corrected chi connectivity index (χ2v) is 8.34. The van der Waals surface area contributed by atoms with Gasteiger partial charge in [0.2, 0.25) is 0 Å². The molecule has 0 heterocycles. The minimum atomic E-state index is -1.25. The molecule has 0 radical (unpaired) electrons. The molecule has 128 valence electrons. The third-order valence-electron chi connectivity index (χ3n) is 6.22. The SMILES string of the molecule is CC(=O)O[C@H]1C[C@@H](C)[C@H](CO)[C@@]2(O)[C@@H]1C(C)(C)C[C@]2(C)CO. The van der Waals surface area contributed by atoms with Crippen molar-refractivity contribution in [2.24, 2.45) is 28.6 Å². The zero-order chi connectivity index (χ0) is 16.9. The van der Waals surface area contributed by atoms with Crippen molar-refractivity contribution in [2.75, 3.05) is 13.2 Å². The van der Waals surface area contributed by atoms with E-state index in [0.717, 1.165) is 0 Å². The minimum absolute atomic E-state index is 0.00961. The Morgan fingerprint density at radius 3 is 2.32 bits per heavy atom. The van der Waals surface area contributed by atoms with Crippen LogP contribution in [0.25, 0.3) is 0 Å². The van der Waals surface area contributed by atoms with Gasteiger partial charge in [0.05, 0.1) is 12.2 Å². The number of aliphatic hydroxyl groups excluding tert-OH is 2. The predicted octanol–water partition coefficient (Wildman–Crippen LogP) is 1.34. The number of aliphatic hydroxyl groups is 3. The number of carbonyl (C=O) groups is 1. The van der Waals surface area contributed by atoms with Gasteiger partial charge in [-0.1, -0.05) is 27.7 Å². The molecular weight excluding hydrogens is 284 g/mol. The van der Waals surface area contributed by atoms with Crippen LogP contribution in [0.2, 0.25) is 0 Å². The van der Waals surface area contributed by atoms with Crippen molar-refractivity contribution >= 4 is 5.97 Å². The predicted molar refractivity (Wildman–Crippen MR) is 81.9 cm³/mol. The normalized spacial score (nSPS) is 47.1. The lowest BCUT2D eigenvalue weighted by Gasteiger charge is -2.55. The van der Waals surface area contributed by atoms with E-state index in [4.69, 9.17) is 4.74 Å². The summed E-state index contributed by atoms with van der Waals surface area (Å²) in [7, 11) is 0. The molecule has 2 aliphatic carbocycles. The largest absolute Gasteiger partial charge is 0.462 e. The topological polar surface area (TPSA) is 87.0 Å². The third kappa shape index (κ3) is 2.29. The highest BCUT2D eigenvalue weighted by atomic mass is 16.5. The first kappa shape index (κ1) is 17.7. The quantitative estimate of drug-likeness (QED) is 0.684. The summed E-state index contributed by atoms with van der Waals surface area (Å²) in [6.45, 7) is 9.03. The Morgan fingerprint density at radius 1 is 1.27 bits per heavy atom. The average Bonchev–Trinajstić information content (AvgIpc) is 2.52. The molecule has 0 bridgehead atoms. The lowest BCUT2D eigenvalue weighted by molar-refractivity contribution is -0.224. The number of ether oxygens (including phenoxy) is 1. The van der Waals surface area contributed by atoms with E-state index < -0.39 is 11.0 Å². The molecule has 0 unspecified atom stereocenters. The Labute approximate surface area is 132 Å². The molecule has 0 aromatic heterocycles. The molecule has 0 saturated heterocycles. The first-order valence-electron chi connectivity index (χ1n) is 8.15. The maximum absolute atomic E-state index is 11.7. The molecule has 0 amide bonds. The smallest absolute Gasteiger partial charge is 0.302 e. The number of rotatable bonds is 3. The van der Waals surface area contributed by atoms with E-state index >= 15 is 0 Å². The van der Waals surface area contributed by atoms with Gasteiger partial charge in [-0.2, -0.15) is 0 Å². The highest BCUT2D eigenvalue weighted by molar-refractivity contribution is 5.66. The van der Waals surface area contributed by atoms with Crippen molar-refractivity contribution in [3.05, 3.63) is 0 Å². The standard InChI is InChI=1S/C17H30O5/c1-10-6-13(22-11(2)20)14-15(3,4)8-16(5,9-19)17(14,21)12(10)7-18/h10,12-14,18-19,21H,6-9H2,1-5H3/t10-,12+,13+,14+,16-,17-/m1/s1. The first-order valence-corrected chi connectivity index (χ1v) is 8.15. The Kier molecular flexibility index (Phi) is 4.39. The van der Waals surface area contributed by atoms with Gasteiger partial charge in [-0.15, -0.1) is 0 Å². The Hall–Kier alpha value is -0.650. The molecule has 6 atom stereocenters. The van der Waals surface area contributed by atoms with E-state index in [1.54, 1.807) is 0 Å². The van der Waals surface area contributed by atoms with Crippen molar-refractivity contribution in [1.82, 2.24) is 0 Å². The second-order valence-electron chi connectivity index (χ2n) is 8.34. The molecular formula is C17H30O5. The number of hydrogen-bond donors (Lipinski definition) is 3. The van der Waals surface area contributed by atoms with Gasteiger partial charge in [0.25, 0.3) is 0 Å². The highest BCUT2D eigenvalue weighted by Gasteiger charge is 2.71. The van der Waals surface area contributed by atoms with Gasteiger partial charge in [0.1, 0.15) is 6.10 Å². The monoisotopic (exact) mass is 314 g/mol. The fourth-order valence-corrected chi connectivity index (χ4v) is 5.62. The van der Waals surface area contributed by atoms with E-state index in [0.29, 0.717) is 12.8 Å². The zero-order valence-corrected chi connectivity index (χ0v) is 14.3. The molecule has 22 heavy (non-hydrogen) atoms. The lowest BCUT2D eigenvalue weighted by atomic mass is 9.55. The summed E-state index contributed by atoms with van der Waals surface area (Å²) < 4.78 is 5.54. The minimum Gasteiger partial charge on any atom is -0.462 e. The number of esters is 1. The number of hydrogen-bond acceptors (Lipinski definition) is 5. The van der Waals surface area contributed by atoms with Crippen LogP contribution in [-0.2, 0) is 9.53 Å². The van der Waals surface area contributed by atoms with Crippen LogP contribution in [0, 0.1) is 28.6 Å². The molecule has 2 saturated carbocycles. The molecule has 0 aromatic rings. The Morgan fingerprint density at radius 2 is 1.86 bits per heavy atom. The Balaban J connectivity index is 2.56. The summed E-state index contributed by atoms with van der Waals surface area (Å²) >= 11 is 0. The average molecular weight is 314 g/mol. The van der Waals surface area contributed by atoms with Crippen molar-refractivity contribution in [3.63, 3.8) is 0 Å². The summed E-state index contributed by atoms with van der Waals surface area (Å²) in [5.41, 5.74) is -2.26. The van der Waals surface area contributed by atoms with Crippen LogP contribution in [-0.4, -0.2) is 46.2 Å². The first-order chi connectivity index (χ1) is 10.0. The van der Waals surface area contributed by atoms with Gasteiger partial charge in [-0.05, 0) is 24.2 Å². The van der Waals surface area contributed by atoms with Gasteiger partial charge in [-0.3, -0.25) is 4.79 Å². The van der Waals surface area contributed by atoms with Gasteiger partial charge >= 0.3 is 5.97 Å². The molecule has 5 heteroatoms. The summed E-state index contributed by atoms with van der Waals surface area (Å²) in [4.78, 5) is 11.5. The third-order valence-corrected chi connectivity index (χ3v) is 6.22. The van der Waals surface area contributed by atoms with Crippen LogP contribution in [0.15, 0.2) is 0 Å². The maximum atomic E-state index is 11.7.